The van der Waals surface area contributed by atoms with E-state index in [0.717, 1.165) is 39.7 Å². The van der Waals surface area contributed by atoms with Gasteiger partial charge in [-0.15, -0.1) is 24.5 Å². The number of halogens is 3. The van der Waals surface area contributed by atoms with E-state index in [1.165, 1.54) is 12.4 Å². The zero-order chi connectivity index (χ0) is 26.4. The zero-order valence-electron chi connectivity index (χ0n) is 19.6. The Morgan fingerprint density at radius 3 is 2.59 bits per heavy atom. The molecule has 0 bridgehead atoms. The van der Waals surface area contributed by atoms with E-state index in [2.05, 4.69) is 21.6 Å². The summed E-state index contributed by atoms with van der Waals surface area (Å²) in [6, 6.07) is 8.99. The maximum Gasteiger partial charge on any atom is 0.572 e. The van der Waals surface area contributed by atoms with Gasteiger partial charge in [-0.2, -0.15) is 0 Å². The molecule has 0 radical (unpaired) electrons. The van der Waals surface area contributed by atoms with Crippen molar-refractivity contribution in [1.29, 1.82) is 0 Å². The molecule has 1 unspecified atom stereocenters. The Bertz CT molecular complexity index is 1620. The molecule has 1 aromatic carbocycles. The smallest absolute Gasteiger partial charge is 0.410 e. The number of alkyl halides is 3. The van der Waals surface area contributed by atoms with Crippen LogP contribution in [0.2, 0.25) is 0 Å². The van der Waals surface area contributed by atoms with Gasteiger partial charge in [-0.25, -0.2) is 18.4 Å². The molecule has 3 aromatic rings. The molecule has 1 aliphatic heterocycles. The Morgan fingerprint density at radius 1 is 1.11 bits per heavy atom. The fourth-order valence-electron chi connectivity index (χ4n) is 4.28. The number of nitrogens with zero attached hydrogens (tertiary/aromatic N) is 3. The number of fused-ring (bicyclic) bond motifs is 1. The highest BCUT2D eigenvalue weighted by Gasteiger charge is 2.33. The number of hydrogen-bond donors (Lipinski definition) is 0. The highest BCUT2D eigenvalue weighted by Crippen LogP contribution is 2.37. The summed E-state index contributed by atoms with van der Waals surface area (Å²) >= 11 is 1.14. The number of rotatable bonds is 5. The van der Waals surface area contributed by atoms with E-state index in [0.29, 0.717) is 34.8 Å². The lowest BCUT2D eigenvalue weighted by atomic mass is 9.86. The van der Waals surface area contributed by atoms with E-state index in [1.807, 2.05) is 24.3 Å². The molecule has 37 heavy (non-hydrogen) atoms. The number of sulfone groups is 1. The van der Waals surface area contributed by atoms with Gasteiger partial charge in [0.1, 0.15) is 22.2 Å². The van der Waals surface area contributed by atoms with Crippen molar-refractivity contribution < 1.29 is 26.3 Å². The van der Waals surface area contributed by atoms with Crippen molar-refractivity contribution in [2.45, 2.75) is 23.4 Å². The maximum absolute atomic E-state index is 12.6. The zero-order valence-corrected chi connectivity index (χ0v) is 21.3. The molecular formula is C26H21F3N3O3S2+. The lowest BCUT2D eigenvalue weighted by molar-refractivity contribution is -0.306. The highest BCUT2D eigenvalue weighted by molar-refractivity contribution is 7.92. The van der Waals surface area contributed by atoms with Gasteiger partial charge < -0.3 is 4.74 Å². The number of ether oxygens (including phenoxy) is 1. The van der Waals surface area contributed by atoms with Crippen LogP contribution in [-0.4, -0.2) is 43.3 Å². The van der Waals surface area contributed by atoms with Crippen LogP contribution in [0, 0.1) is 12.8 Å². The molecule has 1 atom stereocenters. The average Bonchev–Trinajstić information content (AvgIpc) is 3.34. The van der Waals surface area contributed by atoms with E-state index in [-0.39, 0.29) is 22.3 Å². The third-order valence-electron chi connectivity index (χ3n) is 5.93. The first kappa shape index (κ1) is 25.2. The largest absolute Gasteiger partial charge is 0.572 e. The number of hydrogen-bond acceptors (Lipinski definition) is 7. The minimum Gasteiger partial charge on any atom is -0.410 e. The van der Waals surface area contributed by atoms with Crippen molar-refractivity contribution >= 4 is 43.4 Å². The van der Waals surface area contributed by atoms with Gasteiger partial charge in [-0.1, -0.05) is 12.1 Å². The summed E-state index contributed by atoms with van der Waals surface area (Å²) in [6.45, 7) is 4.59. The van der Waals surface area contributed by atoms with Gasteiger partial charge in [0.05, 0.1) is 35.3 Å². The molecule has 0 saturated heterocycles. The predicted octanol–water partition coefficient (Wildman–Crippen LogP) is 6.19. The fourth-order valence-corrected chi connectivity index (χ4v) is 6.22. The Hall–Kier alpha value is -3.44. The molecular weight excluding hydrogens is 523 g/mol. The monoisotopic (exact) mass is 544 g/mol. The normalized spacial score (nSPS) is 18.6. The second-order valence-corrected chi connectivity index (χ2v) is 12.1. The van der Waals surface area contributed by atoms with Crippen LogP contribution >= 0.6 is 11.3 Å². The van der Waals surface area contributed by atoms with Gasteiger partial charge in [0, 0.05) is 23.6 Å². The van der Waals surface area contributed by atoms with Crippen LogP contribution in [0.4, 0.5) is 13.2 Å². The highest BCUT2D eigenvalue weighted by atomic mass is 32.2. The molecule has 190 valence electrons. The van der Waals surface area contributed by atoms with Crippen molar-refractivity contribution in [1.82, 2.24) is 9.97 Å². The summed E-state index contributed by atoms with van der Waals surface area (Å²) in [6.07, 6.45) is 3.31. The lowest BCUT2D eigenvalue weighted by Gasteiger charge is -2.22. The summed E-state index contributed by atoms with van der Waals surface area (Å²) < 4.78 is 66.1. The molecule has 6 nitrogen and oxygen atoms in total. The Kier molecular flexibility index (Phi) is 6.45. The van der Waals surface area contributed by atoms with Crippen LogP contribution in [0.25, 0.3) is 27.0 Å². The van der Waals surface area contributed by atoms with E-state index >= 15 is 0 Å². The van der Waals surface area contributed by atoms with Gasteiger partial charge in [0.25, 0.3) is 0 Å². The van der Waals surface area contributed by atoms with Gasteiger partial charge in [-0.05, 0) is 54.0 Å². The van der Waals surface area contributed by atoms with E-state index in [9.17, 15) is 21.6 Å². The minimum absolute atomic E-state index is 0.0700. The SMILES string of the molecule is [CH2+]C1C=C(c2ccc3ncnc(-c4ccc(S(C)(=O)=O)s4)c3c2)C(C2=CC=C(OC(F)(F)F)CC2)=NC1. The van der Waals surface area contributed by atoms with Crippen molar-refractivity contribution in [2.24, 2.45) is 10.9 Å². The van der Waals surface area contributed by atoms with Crippen molar-refractivity contribution in [3.63, 3.8) is 0 Å². The number of aliphatic imine (C=N–C) groups is 1. The Morgan fingerprint density at radius 2 is 1.92 bits per heavy atom. The van der Waals surface area contributed by atoms with E-state index in [4.69, 9.17) is 4.99 Å². The molecule has 11 heteroatoms. The Labute approximate surface area is 215 Å². The van der Waals surface area contributed by atoms with E-state index < -0.39 is 16.2 Å². The first-order valence-electron chi connectivity index (χ1n) is 11.3. The first-order valence-corrected chi connectivity index (χ1v) is 14.0. The van der Waals surface area contributed by atoms with Gasteiger partial charge >= 0.3 is 6.36 Å². The summed E-state index contributed by atoms with van der Waals surface area (Å²) in [5, 5.41) is 0.742. The van der Waals surface area contributed by atoms with Crippen LogP contribution in [0.5, 0.6) is 0 Å². The standard InChI is InChI=1S/C26H21F3N3O3S2/c1-15-11-19(24(30-13-15)16-3-6-18(7-4-16)35-26(27,28)29)17-5-8-21-20(12-17)25(32-14-31-21)22-9-10-23(36-22)37(2,33)34/h3,5-6,8-12,14-15H,1,4,7,13H2,2H3/q+1. The van der Waals surface area contributed by atoms with Crippen molar-refractivity contribution in [3.8, 4) is 10.6 Å². The van der Waals surface area contributed by atoms with Crippen LogP contribution < -0.4 is 0 Å². The molecule has 0 N–H and O–H groups in total. The molecule has 0 fully saturated rings. The fraction of sp³-hybridized carbons (Fsp3) is 0.231. The number of aromatic nitrogens is 2. The van der Waals surface area contributed by atoms with Gasteiger partial charge in [0.2, 0.25) is 0 Å². The van der Waals surface area contributed by atoms with Crippen LogP contribution in [0.15, 0.2) is 75.4 Å². The first-order chi connectivity index (χ1) is 17.5. The molecule has 1 aliphatic carbocycles. The number of dihydropyridines is 1. The van der Waals surface area contributed by atoms with Crippen molar-refractivity contribution in [2.75, 3.05) is 12.8 Å². The molecule has 0 amide bonds. The minimum atomic E-state index is -4.72. The molecule has 5 rings (SSSR count). The third kappa shape index (κ3) is 5.47. The lowest BCUT2D eigenvalue weighted by Crippen LogP contribution is -2.18. The quantitative estimate of drug-likeness (QED) is 0.358. The second kappa shape index (κ2) is 9.46. The van der Waals surface area contributed by atoms with Crippen molar-refractivity contribution in [3.05, 3.63) is 78.7 Å². The third-order valence-corrected chi connectivity index (χ3v) is 8.84. The van der Waals surface area contributed by atoms with Crippen LogP contribution in [0.1, 0.15) is 18.4 Å². The van der Waals surface area contributed by atoms with Crippen LogP contribution in [-0.2, 0) is 14.6 Å². The van der Waals surface area contributed by atoms with E-state index in [1.54, 1.807) is 18.2 Å². The Balaban J connectivity index is 1.55. The molecule has 0 saturated carbocycles. The van der Waals surface area contributed by atoms with Crippen LogP contribution in [0.3, 0.4) is 0 Å². The topological polar surface area (TPSA) is 81.5 Å². The molecule has 3 heterocycles. The summed E-state index contributed by atoms with van der Waals surface area (Å²) in [4.78, 5) is 14.2. The number of thiophene rings is 1. The molecule has 2 aromatic heterocycles. The van der Waals surface area contributed by atoms with Gasteiger partial charge in [0.15, 0.2) is 9.84 Å². The number of allylic oxidation sites excluding steroid dienone is 5. The maximum atomic E-state index is 12.6. The van der Waals surface area contributed by atoms with Gasteiger partial charge in [-0.3, -0.25) is 4.99 Å². The summed E-state index contributed by atoms with van der Waals surface area (Å²) in [5.74, 6) is -0.204. The molecule has 2 aliphatic rings. The number of benzene rings is 1. The second-order valence-electron chi connectivity index (χ2n) is 8.75. The molecule has 0 spiro atoms. The average molecular weight is 545 g/mol. The summed E-state index contributed by atoms with van der Waals surface area (Å²) in [5.41, 5.74) is 4.48. The summed E-state index contributed by atoms with van der Waals surface area (Å²) in [7, 11) is -3.35. The predicted molar refractivity (Wildman–Crippen MR) is 138 cm³/mol.